The topological polar surface area (TPSA) is 58.4 Å². The number of nitrogens with two attached hydrogens (primary N) is 1. The van der Waals surface area contributed by atoms with Gasteiger partial charge in [-0.3, -0.25) is 4.79 Å². The maximum absolute atomic E-state index is 11.9. The van der Waals surface area contributed by atoms with Gasteiger partial charge in [0.15, 0.2) is 0 Å². The number of likely N-dealkylation sites (N-methyl/N-ethyl adjacent to an activating group) is 1. The fraction of sp³-hybridized carbons (Fsp3) is 0.923. The average molecular weight is 243 g/mol. The van der Waals surface area contributed by atoms with Crippen molar-refractivity contribution >= 4 is 5.91 Å². The number of hydrogen-bond acceptors (Lipinski definition) is 3. The summed E-state index contributed by atoms with van der Waals surface area (Å²) in [4.78, 5) is 14.0. The number of hydrogen-bond donors (Lipinski definition) is 2. The van der Waals surface area contributed by atoms with Crippen LogP contribution in [0.15, 0.2) is 0 Å². The Morgan fingerprint density at radius 1 is 1.24 bits per heavy atom. The second-order valence-corrected chi connectivity index (χ2v) is 5.86. The number of carbonyl (C=O) groups is 1. The van der Waals surface area contributed by atoms with Crippen molar-refractivity contribution in [3.63, 3.8) is 0 Å². The third kappa shape index (κ3) is 7.34. The Kier molecular flexibility index (Phi) is 7.39. The van der Waals surface area contributed by atoms with E-state index >= 15 is 0 Å². The third-order valence-electron chi connectivity index (χ3n) is 2.76. The van der Waals surface area contributed by atoms with Crippen LogP contribution in [0.4, 0.5) is 0 Å². The van der Waals surface area contributed by atoms with Gasteiger partial charge in [-0.05, 0) is 32.4 Å². The van der Waals surface area contributed by atoms with Crippen LogP contribution >= 0.6 is 0 Å². The summed E-state index contributed by atoms with van der Waals surface area (Å²) >= 11 is 0. The Labute approximate surface area is 106 Å². The Balaban J connectivity index is 4.29. The SMILES string of the molecule is CC(C)C[C@@H](N)C(=O)NC(CN(C)C)C(C)C. The van der Waals surface area contributed by atoms with Crippen molar-refractivity contribution in [1.29, 1.82) is 0 Å². The average Bonchev–Trinajstić information content (AvgIpc) is 2.14. The van der Waals surface area contributed by atoms with Gasteiger partial charge in [0.1, 0.15) is 0 Å². The molecule has 1 unspecified atom stereocenters. The summed E-state index contributed by atoms with van der Waals surface area (Å²) in [6.45, 7) is 9.22. The Hall–Kier alpha value is -0.610. The van der Waals surface area contributed by atoms with Crippen LogP contribution in [0.5, 0.6) is 0 Å². The van der Waals surface area contributed by atoms with Gasteiger partial charge in [0.2, 0.25) is 5.91 Å². The number of carbonyl (C=O) groups excluding carboxylic acids is 1. The van der Waals surface area contributed by atoms with Gasteiger partial charge in [0.05, 0.1) is 6.04 Å². The number of nitrogens with zero attached hydrogens (tertiary/aromatic N) is 1. The molecule has 0 aliphatic heterocycles. The molecule has 0 fully saturated rings. The van der Waals surface area contributed by atoms with Crippen molar-refractivity contribution in [2.75, 3.05) is 20.6 Å². The van der Waals surface area contributed by atoms with Crippen molar-refractivity contribution < 1.29 is 4.79 Å². The van der Waals surface area contributed by atoms with Gasteiger partial charge in [-0.15, -0.1) is 0 Å². The molecule has 0 rings (SSSR count). The molecule has 0 aromatic rings. The van der Waals surface area contributed by atoms with Gasteiger partial charge < -0.3 is 16.0 Å². The van der Waals surface area contributed by atoms with Crippen LogP contribution in [0.2, 0.25) is 0 Å². The van der Waals surface area contributed by atoms with E-state index in [9.17, 15) is 4.79 Å². The molecule has 0 bridgehead atoms. The zero-order valence-electron chi connectivity index (χ0n) is 12.2. The van der Waals surface area contributed by atoms with Crippen molar-refractivity contribution in [3.05, 3.63) is 0 Å². The lowest BCUT2D eigenvalue weighted by Gasteiger charge is -2.27. The summed E-state index contributed by atoms with van der Waals surface area (Å²) in [6.07, 6.45) is 0.735. The normalized spacial score (nSPS) is 15.4. The zero-order valence-corrected chi connectivity index (χ0v) is 12.2. The van der Waals surface area contributed by atoms with Gasteiger partial charge in [-0.1, -0.05) is 27.7 Å². The minimum atomic E-state index is -0.390. The second kappa shape index (κ2) is 7.67. The van der Waals surface area contributed by atoms with E-state index in [4.69, 9.17) is 5.73 Å². The lowest BCUT2D eigenvalue weighted by atomic mass is 10.0. The van der Waals surface area contributed by atoms with E-state index in [0.717, 1.165) is 13.0 Å². The zero-order chi connectivity index (χ0) is 13.6. The first-order valence-electron chi connectivity index (χ1n) is 6.44. The van der Waals surface area contributed by atoms with Crippen molar-refractivity contribution in [1.82, 2.24) is 10.2 Å². The molecule has 0 heterocycles. The summed E-state index contributed by atoms with van der Waals surface area (Å²) < 4.78 is 0. The van der Waals surface area contributed by atoms with E-state index in [1.54, 1.807) is 0 Å². The molecule has 1 amide bonds. The number of nitrogens with one attached hydrogen (secondary N) is 1. The molecule has 0 aromatic carbocycles. The third-order valence-corrected chi connectivity index (χ3v) is 2.76. The molecule has 0 saturated heterocycles. The van der Waals surface area contributed by atoms with Gasteiger partial charge >= 0.3 is 0 Å². The van der Waals surface area contributed by atoms with E-state index in [2.05, 4.69) is 37.9 Å². The van der Waals surface area contributed by atoms with Crippen LogP contribution in [-0.2, 0) is 4.79 Å². The van der Waals surface area contributed by atoms with Crippen molar-refractivity contribution in [2.24, 2.45) is 17.6 Å². The largest absolute Gasteiger partial charge is 0.350 e. The summed E-state index contributed by atoms with van der Waals surface area (Å²) in [7, 11) is 4.02. The molecule has 17 heavy (non-hydrogen) atoms. The van der Waals surface area contributed by atoms with E-state index in [1.165, 1.54) is 0 Å². The molecular weight excluding hydrogens is 214 g/mol. The molecule has 102 valence electrons. The van der Waals surface area contributed by atoms with Gasteiger partial charge in [0, 0.05) is 12.6 Å². The number of rotatable bonds is 7. The fourth-order valence-corrected chi connectivity index (χ4v) is 1.72. The minimum absolute atomic E-state index is 0.0285. The molecule has 0 aliphatic rings. The van der Waals surface area contributed by atoms with Crippen molar-refractivity contribution in [2.45, 2.75) is 46.2 Å². The quantitative estimate of drug-likeness (QED) is 0.703. The first-order valence-corrected chi connectivity index (χ1v) is 6.44. The van der Waals surface area contributed by atoms with Crippen LogP contribution in [0.25, 0.3) is 0 Å². The second-order valence-electron chi connectivity index (χ2n) is 5.86. The summed E-state index contributed by atoms with van der Waals surface area (Å²) in [5.74, 6) is 0.828. The van der Waals surface area contributed by atoms with Crippen LogP contribution in [0.3, 0.4) is 0 Å². The van der Waals surface area contributed by atoms with Crippen molar-refractivity contribution in [3.8, 4) is 0 Å². The molecule has 0 saturated carbocycles. The first kappa shape index (κ1) is 16.4. The minimum Gasteiger partial charge on any atom is -0.350 e. The molecule has 0 radical (unpaired) electrons. The highest BCUT2D eigenvalue weighted by atomic mass is 16.2. The standard InChI is InChI=1S/C13H29N3O/c1-9(2)7-11(14)13(17)15-12(10(3)4)8-16(5)6/h9-12H,7-8,14H2,1-6H3,(H,15,17)/t11-,12?/m1/s1. The molecule has 0 aliphatic carbocycles. The highest BCUT2D eigenvalue weighted by molar-refractivity contribution is 5.81. The summed E-state index contributed by atoms with van der Waals surface area (Å²) in [5.41, 5.74) is 5.87. The predicted molar refractivity (Wildman–Crippen MR) is 72.8 cm³/mol. The highest BCUT2D eigenvalue weighted by Gasteiger charge is 2.21. The molecule has 0 aromatic heterocycles. The molecule has 2 atom stereocenters. The molecule has 4 heteroatoms. The Morgan fingerprint density at radius 3 is 2.12 bits per heavy atom. The van der Waals surface area contributed by atoms with Crippen LogP contribution in [-0.4, -0.2) is 43.5 Å². The maximum Gasteiger partial charge on any atom is 0.237 e. The molecule has 3 N–H and O–H groups in total. The number of amides is 1. The lowest BCUT2D eigenvalue weighted by molar-refractivity contribution is -0.123. The fourth-order valence-electron chi connectivity index (χ4n) is 1.72. The van der Waals surface area contributed by atoms with Crippen LogP contribution < -0.4 is 11.1 Å². The molecule has 0 spiro atoms. The predicted octanol–water partition coefficient (Wildman–Crippen LogP) is 1.06. The van der Waals surface area contributed by atoms with E-state index < -0.39 is 6.04 Å². The maximum atomic E-state index is 11.9. The lowest BCUT2D eigenvalue weighted by Crippen LogP contribution is -2.51. The van der Waals surface area contributed by atoms with Gasteiger partial charge in [-0.2, -0.15) is 0 Å². The Morgan fingerprint density at radius 2 is 1.76 bits per heavy atom. The van der Waals surface area contributed by atoms with Gasteiger partial charge in [-0.25, -0.2) is 0 Å². The summed E-state index contributed by atoms with van der Waals surface area (Å²) in [5, 5.41) is 3.05. The van der Waals surface area contributed by atoms with Crippen LogP contribution in [0, 0.1) is 11.8 Å². The van der Waals surface area contributed by atoms with Gasteiger partial charge in [0.25, 0.3) is 0 Å². The molecule has 4 nitrogen and oxygen atoms in total. The van der Waals surface area contributed by atoms with E-state index in [-0.39, 0.29) is 11.9 Å². The van der Waals surface area contributed by atoms with Crippen LogP contribution in [0.1, 0.15) is 34.1 Å². The highest BCUT2D eigenvalue weighted by Crippen LogP contribution is 2.06. The molecular formula is C13H29N3O. The monoisotopic (exact) mass is 243 g/mol. The smallest absolute Gasteiger partial charge is 0.237 e. The van der Waals surface area contributed by atoms with E-state index in [1.807, 2.05) is 14.1 Å². The van der Waals surface area contributed by atoms with E-state index in [0.29, 0.717) is 11.8 Å². The summed E-state index contributed by atoms with van der Waals surface area (Å²) in [6, 6.07) is -0.228. The Bertz CT molecular complexity index is 227. The first-order chi connectivity index (χ1) is 7.73.